The van der Waals surface area contributed by atoms with Crippen molar-refractivity contribution in [1.29, 1.82) is 0 Å². The number of amides is 1. The van der Waals surface area contributed by atoms with Crippen molar-refractivity contribution in [2.45, 2.75) is 181 Å². The van der Waals surface area contributed by atoms with E-state index in [-0.39, 0.29) is 61.2 Å². The van der Waals surface area contributed by atoms with Crippen molar-refractivity contribution in [2.24, 2.45) is 41.4 Å². The highest BCUT2D eigenvalue weighted by Gasteiger charge is 2.53. The Kier molecular flexibility index (Phi) is 20.4. The molecule has 13 heteroatoms. The molecule has 4 rings (SSSR count). The van der Waals surface area contributed by atoms with E-state index in [4.69, 9.17) is 18.9 Å². The number of allylic oxidation sites excluding steroid dienone is 6. The molecule has 1 amide bonds. The quantitative estimate of drug-likeness (QED) is 0.149. The fourth-order valence-corrected chi connectivity index (χ4v) is 10.1. The van der Waals surface area contributed by atoms with Crippen molar-refractivity contribution in [1.82, 2.24) is 4.90 Å². The molecule has 0 spiro atoms. The zero-order chi connectivity index (χ0) is 47.5. The van der Waals surface area contributed by atoms with Crippen molar-refractivity contribution in [2.75, 3.05) is 20.8 Å². The molecule has 1 saturated carbocycles. The molecule has 3 aliphatic heterocycles. The Morgan fingerprint density at radius 2 is 1.58 bits per heavy atom. The minimum Gasteiger partial charge on any atom is -0.460 e. The number of carbonyl (C=O) groups excluding carboxylic acids is 5. The highest BCUT2D eigenvalue weighted by molar-refractivity contribution is 6.39. The number of hydrogen-bond donors (Lipinski definition) is 3. The van der Waals surface area contributed by atoms with Gasteiger partial charge in [-0.2, -0.15) is 0 Å². The maximum Gasteiger partial charge on any atom is 0.329 e. The number of rotatable bonds is 5. The monoisotopic (exact) mass is 898 g/mol. The molecule has 0 aromatic rings. The molecule has 1 aliphatic carbocycles. The Labute approximate surface area is 382 Å². The number of cyclic esters (lactones) is 1. The highest BCUT2D eigenvalue weighted by Crippen LogP contribution is 2.38. The van der Waals surface area contributed by atoms with Crippen molar-refractivity contribution < 1.29 is 58.2 Å². The lowest BCUT2D eigenvalue weighted by Gasteiger charge is -2.42. The first-order valence-corrected chi connectivity index (χ1v) is 23.9. The molecule has 4 aliphatic rings. The first-order valence-electron chi connectivity index (χ1n) is 23.9. The second-order valence-corrected chi connectivity index (χ2v) is 19.8. The predicted octanol–water partition coefficient (Wildman–Crippen LogP) is 6.80. The number of aliphatic hydroxyl groups excluding tert-OH is 2. The summed E-state index contributed by atoms with van der Waals surface area (Å²) in [5, 5.41) is 34.4. The number of ketones is 3. The van der Waals surface area contributed by atoms with Crippen LogP contribution in [0.4, 0.5) is 0 Å². The summed E-state index contributed by atoms with van der Waals surface area (Å²) in [6, 6.07) is -1.13. The van der Waals surface area contributed by atoms with Gasteiger partial charge >= 0.3 is 5.97 Å². The summed E-state index contributed by atoms with van der Waals surface area (Å²) >= 11 is 0. The van der Waals surface area contributed by atoms with Crippen LogP contribution in [0.3, 0.4) is 0 Å². The third kappa shape index (κ3) is 13.9. The molecular formula is C51H79NO12. The average molecular weight is 898 g/mol. The van der Waals surface area contributed by atoms with Gasteiger partial charge in [0.05, 0.1) is 18.3 Å². The Morgan fingerprint density at radius 3 is 2.27 bits per heavy atom. The van der Waals surface area contributed by atoms with Gasteiger partial charge in [-0.15, -0.1) is 0 Å². The van der Waals surface area contributed by atoms with Gasteiger partial charge in [0.15, 0.2) is 5.78 Å². The van der Waals surface area contributed by atoms with Crippen LogP contribution in [-0.4, -0.2) is 119 Å². The Balaban J connectivity index is 1.69. The lowest BCUT2D eigenvalue weighted by Crippen LogP contribution is -2.61. The summed E-state index contributed by atoms with van der Waals surface area (Å²) in [5.74, 6) is -7.36. The van der Waals surface area contributed by atoms with Crippen LogP contribution in [0.5, 0.6) is 0 Å². The van der Waals surface area contributed by atoms with E-state index in [1.807, 2.05) is 39.0 Å². The maximum absolute atomic E-state index is 14.3. The first kappa shape index (κ1) is 53.3. The van der Waals surface area contributed by atoms with Gasteiger partial charge in [-0.1, -0.05) is 78.0 Å². The third-order valence-corrected chi connectivity index (χ3v) is 14.6. The number of piperidine rings is 1. The van der Waals surface area contributed by atoms with E-state index >= 15 is 0 Å². The normalized spacial score (nSPS) is 40.9. The lowest BCUT2D eigenvalue weighted by atomic mass is 9.76. The van der Waals surface area contributed by atoms with E-state index < -0.39 is 77.8 Å². The van der Waals surface area contributed by atoms with E-state index in [1.165, 1.54) is 12.0 Å². The standard InChI is InChI=1S/C51H79NO12/c1-30-16-12-11-13-17-31(2)41(53)28-39-22-20-37(8)51(60,64-39)48(57)49(58)52-23-15-14-18-40(52)50(59)63-44(34(5)26-38-21-19-32(3)43(27-38)61-9)29-42(54)33(4)25-36(7)46(56)47(62-10)45(55)35(6)24-30/h11-13,16-17,25,30,32-35,37-41,43-44,46-47,53,56,60H,14-15,18-24,26-29H2,1-10H3/b13-11+,16-12+,31-17+,36-25+/t30-,32-,33-,34-,35-,37-,38+,39+,40+,41+,43-,44+,46-,47+,51-/m1/s1. The molecule has 0 unspecified atom stereocenters. The van der Waals surface area contributed by atoms with Crippen LogP contribution in [0.2, 0.25) is 0 Å². The summed E-state index contributed by atoms with van der Waals surface area (Å²) < 4.78 is 23.7. The molecule has 64 heavy (non-hydrogen) atoms. The second-order valence-electron chi connectivity index (χ2n) is 19.8. The summed E-state index contributed by atoms with van der Waals surface area (Å²) in [6.45, 7) is 14.8. The lowest BCUT2D eigenvalue weighted by molar-refractivity contribution is -0.265. The van der Waals surface area contributed by atoms with E-state index in [9.17, 15) is 39.3 Å². The number of nitrogens with zero attached hydrogens (tertiary/aromatic N) is 1. The molecule has 3 fully saturated rings. The van der Waals surface area contributed by atoms with Gasteiger partial charge < -0.3 is 39.2 Å². The average Bonchev–Trinajstić information content (AvgIpc) is 3.26. The number of carbonyl (C=O) groups is 5. The maximum atomic E-state index is 14.3. The van der Waals surface area contributed by atoms with Crippen LogP contribution < -0.4 is 0 Å². The fraction of sp³-hybridized carbons (Fsp3) is 0.745. The van der Waals surface area contributed by atoms with Gasteiger partial charge in [-0.25, -0.2) is 4.79 Å². The van der Waals surface area contributed by atoms with E-state index in [0.29, 0.717) is 55.6 Å². The second kappa shape index (κ2) is 24.4. The summed E-state index contributed by atoms with van der Waals surface area (Å²) in [4.78, 5) is 71.6. The third-order valence-electron chi connectivity index (χ3n) is 14.6. The molecule has 0 radical (unpaired) electrons. The molecule has 3 heterocycles. The smallest absolute Gasteiger partial charge is 0.329 e. The Morgan fingerprint density at radius 1 is 0.859 bits per heavy atom. The summed E-state index contributed by atoms with van der Waals surface area (Å²) in [7, 11) is 3.10. The molecule has 0 aromatic heterocycles. The minimum absolute atomic E-state index is 0.00619. The number of aliphatic hydroxyl groups is 3. The number of esters is 1. The molecule has 13 nitrogen and oxygen atoms in total. The molecule has 2 bridgehead atoms. The van der Waals surface area contributed by atoms with E-state index in [1.54, 1.807) is 53.0 Å². The number of methoxy groups -OCH3 is 2. The van der Waals surface area contributed by atoms with Crippen LogP contribution >= 0.6 is 0 Å². The summed E-state index contributed by atoms with van der Waals surface area (Å²) in [6.07, 6.45) is 12.0. The minimum atomic E-state index is -2.46. The Bertz CT molecular complexity index is 1740. The number of Topliss-reactive ketones (excluding diaryl/α,β-unsaturated/α-hetero) is 3. The molecule has 3 N–H and O–H groups in total. The van der Waals surface area contributed by atoms with Crippen LogP contribution in [0.25, 0.3) is 0 Å². The van der Waals surface area contributed by atoms with Gasteiger partial charge in [0.25, 0.3) is 11.7 Å². The van der Waals surface area contributed by atoms with Gasteiger partial charge in [0.1, 0.15) is 30.1 Å². The largest absolute Gasteiger partial charge is 0.460 e. The molecule has 15 atom stereocenters. The molecule has 2 saturated heterocycles. The van der Waals surface area contributed by atoms with Crippen LogP contribution in [0, 0.1) is 41.4 Å². The van der Waals surface area contributed by atoms with Crippen molar-refractivity contribution in [3.8, 4) is 0 Å². The van der Waals surface area contributed by atoms with Crippen LogP contribution in [0.1, 0.15) is 132 Å². The van der Waals surface area contributed by atoms with Crippen molar-refractivity contribution in [3.05, 3.63) is 47.6 Å². The van der Waals surface area contributed by atoms with Gasteiger partial charge in [-0.05, 0) is 113 Å². The van der Waals surface area contributed by atoms with Crippen molar-refractivity contribution >= 4 is 29.2 Å². The first-order chi connectivity index (χ1) is 30.2. The fourth-order valence-electron chi connectivity index (χ4n) is 10.1. The summed E-state index contributed by atoms with van der Waals surface area (Å²) in [5.41, 5.74) is 1.03. The number of fused-ring (bicyclic) bond motifs is 3. The SMILES string of the molecule is CO[C@@H]1C[C@H](C[C@@H](C)[C@@H]2CC(=O)[C@H](C)/C=C(\C)[C@@H](O)[C@@H](OC)C(=O)[C@H](C)C[C@H](C)/C=C/C=C/C=C(\C)[C@@H](O)C[C@@H]3CC[C@@H](C)[C@@](O)(O3)C(=O)C(=O)N3CCCC[C@H]3C(=O)O2)CC[C@H]1C. The number of hydrogen-bond acceptors (Lipinski definition) is 12. The highest BCUT2D eigenvalue weighted by atomic mass is 16.6. The van der Waals surface area contributed by atoms with Gasteiger partial charge in [-0.3, -0.25) is 19.2 Å². The topological polar surface area (TPSA) is 186 Å². The van der Waals surface area contributed by atoms with Crippen LogP contribution in [0.15, 0.2) is 47.6 Å². The van der Waals surface area contributed by atoms with E-state index in [2.05, 4.69) is 6.92 Å². The van der Waals surface area contributed by atoms with Gasteiger partial charge in [0, 0.05) is 51.4 Å². The van der Waals surface area contributed by atoms with Gasteiger partial charge in [0.2, 0.25) is 5.79 Å². The molecule has 0 aromatic carbocycles. The van der Waals surface area contributed by atoms with E-state index in [0.717, 1.165) is 19.3 Å². The zero-order valence-corrected chi connectivity index (χ0v) is 40.2. The molecular weight excluding hydrogens is 819 g/mol. The van der Waals surface area contributed by atoms with Crippen molar-refractivity contribution in [3.63, 3.8) is 0 Å². The predicted molar refractivity (Wildman–Crippen MR) is 244 cm³/mol. The molecule has 360 valence electrons. The Hall–Kier alpha value is -3.33. The number of ether oxygens (including phenoxy) is 4. The zero-order valence-electron chi connectivity index (χ0n) is 40.2. The van der Waals surface area contributed by atoms with Crippen LogP contribution in [-0.2, 0) is 42.9 Å².